The van der Waals surface area contributed by atoms with Crippen LogP contribution in [0.5, 0.6) is 5.75 Å². The van der Waals surface area contributed by atoms with Gasteiger partial charge in [-0.3, -0.25) is 0 Å². The van der Waals surface area contributed by atoms with E-state index >= 15 is 0 Å². The van der Waals surface area contributed by atoms with Gasteiger partial charge in [0.05, 0.1) is 7.11 Å². The molecule has 0 amide bonds. The van der Waals surface area contributed by atoms with Crippen molar-refractivity contribution in [1.82, 2.24) is 5.32 Å². The number of hydrogen-bond donors (Lipinski definition) is 1. The predicted molar refractivity (Wildman–Crippen MR) is 67.1 cm³/mol. The van der Waals surface area contributed by atoms with Gasteiger partial charge in [0, 0.05) is 6.04 Å². The summed E-state index contributed by atoms with van der Waals surface area (Å²) in [6.45, 7) is 2.20. The van der Waals surface area contributed by atoms with Crippen molar-refractivity contribution in [3.05, 3.63) is 28.8 Å². The Kier molecular flexibility index (Phi) is 3.49. The lowest BCUT2D eigenvalue weighted by atomic mass is 9.93. The summed E-state index contributed by atoms with van der Waals surface area (Å²) in [5.41, 5.74) is 4.27. The standard InChI is InChI=1S/C14H21NO/c1-10-8-9-13(16-3)11-6-4-5-7-12(15-2)14(10)11/h8-9,12,15H,4-7H2,1-3H3. The van der Waals surface area contributed by atoms with Gasteiger partial charge in [-0.25, -0.2) is 0 Å². The van der Waals surface area contributed by atoms with E-state index < -0.39 is 0 Å². The second kappa shape index (κ2) is 4.88. The van der Waals surface area contributed by atoms with Crippen LogP contribution in [0.4, 0.5) is 0 Å². The third-order valence-electron chi connectivity index (χ3n) is 3.62. The minimum atomic E-state index is 0.493. The quantitative estimate of drug-likeness (QED) is 0.772. The summed E-state index contributed by atoms with van der Waals surface area (Å²) in [4.78, 5) is 0. The van der Waals surface area contributed by atoms with E-state index in [1.54, 1.807) is 7.11 Å². The normalized spacial score (nSPS) is 20.1. The summed E-state index contributed by atoms with van der Waals surface area (Å²) in [5, 5.41) is 3.44. The fourth-order valence-electron chi connectivity index (χ4n) is 2.78. The van der Waals surface area contributed by atoms with E-state index in [2.05, 4.69) is 31.4 Å². The van der Waals surface area contributed by atoms with Gasteiger partial charge in [0.2, 0.25) is 0 Å². The van der Waals surface area contributed by atoms with Crippen molar-refractivity contribution in [2.24, 2.45) is 0 Å². The highest BCUT2D eigenvalue weighted by Gasteiger charge is 2.21. The molecule has 2 nitrogen and oxygen atoms in total. The van der Waals surface area contributed by atoms with Gasteiger partial charge >= 0.3 is 0 Å². The molecule has 1 atom stereocenters. The van der Waals surface area contributed by atoms with Gasteiger partial charge in [0.25, 0.3) is 0 Å². The lowest BCUT2D eigenvalue weighted by molar-refractivity contribution is 0.408. The topological polar surface area (TPSA) is 21.3 Å². The molecular formula is C14H21NO. The van der Waals surface area contributed by atoms with Gasteiger partial charge in [-0.05, 0) is 56.0 Å². The zero-order valence-electron chi connectivity index (χ0n) is 10.5. The van der Waals surface area contributed by atoms with E-state index in [1.165, 1.54) is 36.0 Å². The Hall–Kier alpha value is -1.02. The number of ether oxygens (including phenoxy) is 1. The number of hydrogen-bond acceptors (Lipinski definition) is 2. The van der Waals surface area contributed by atoms with Crippen molar-refractivity contribution in [3.63, 3.8) is 0 Å². The molecule has 0 fully saturated rings. The Morgan fingerprint density at radius 1 is 1.31 bits per heavy atom. The van der Waals surface area contributed by atoms with Crippen molar-refractivity contribution < 1.29 is 4.74 Å². The number of nitrogens with one attached hydrogen (secondary N) is 1. The zero-order valence-corrected chi connectivity index (χ0v) is 10.5. The van der Waals surface area contributed by atoms with Crippen LogP contribution in [0, 0.1) is 6.92 Å². The van der Waals surface area contributed by atoms with Crippen LogP contribution in [-0.4, -0.2) is 14.2 Å². The molecule has 0 aliphatic heterocycles. The highest BCUT2D eigenvalue weighted by molar-refractivity contribution is 5.47. The fourth-order valence-corrected chi connectivity index (χ4v) is 2.78. The third kappa shape index (κ3) is 1.94. The number of methoxy groups -OCH3 is 1. The highest BCUT2D eigenvalue weighted by atomic mass is 16.5. The maximum Gasteiger partial charge on any atom is 0.122 e. The molecule has 0 saturated carbocycles. The van der Waals surface area contributed by atoms with Crippen LogP contribution >= 0.6 is 0 Å². The summed E-state index contributed by atoms with van der Waals surface area (Å²) in [6, 6.07) is 4.77. The molecule has 1 aliphatic carbocycles. The maximum atomic E-state index is 5.49. The van der Waals surface area contributed by atoms with E-state index in [0.29, 0.717) is 6.04 Å². The van der Waals surface area contributed by atoms with E-state index in [1.807, 2.05) is 0 Å². The largest absolute Gasteiger partial charge is 0.496 e. The Bertz CT molecular complexity index is 373. The molecular weight excluding hydrogens is 198 g/mol. The number of benzene rings is 1. The van der Waals surface area contributed by atoms with Gasteiger partial charge < -0.3 is 10.1 Å². The maximum absolute atomic E-state index is 5.49. The average molecular weight is 219 g/mol. The smallest absolute Gasteiger partial charge is 0.122 e. The lowest BCUT2D eigenvalue weighted by Crippen LogP contribution is -2.18. The monoisotopic (exact) mass is 219 g/mol. The molecule has 1 aromatic carbocycles. The molecule has 0 spiro atoms. The van der Waals surface area contributed by atoms with Crippen molar-refractivity contribution in [1.29, 1.82) is 0 Å². The molecule has 2 heteroatoms. The third-order valence-corrected chi connectivity index (χ3v) is 3.62. The minimum Gasteiger partial charge on any atom is -0.496 e. The van der Waals surface area contributed by atoms with Crippen LogP contribution in [0.15, 0.2) is 12.1 Å². The number of rotatable bonds is 2. The molecule has 0 saturated heterocycles. The highest BCUT2D eigenvalue weighted by Crippen LogP contribution is 2.36. The summed E-state index contributed by atoms with van der Waals surface area (Å²) < 4.78 is 5.49. The van der Waals surface area contributed by atoms with Crippen molar-refractivity contribution in [3.8, 4) is 5.75 Å². The SMILES string of the molecule is CNC1CCCCc2c(OC)ccc(C)c21. The van der Waals surface area contributed by atoms with Crippen molar-refractivity contribution in [2.75, 3.05) is 14.2 Å². The molecule has 0 aromatic heterocycles. The minimum absolute atomic E-state index is 0.493. The van der Waals surface area contributed by atoms with E-state index in [4.69, 9.17) is 4.74 Å². The molecule has 0 heterocycles. The van der Waals surface area contributed by atoms with Gasteiger partial charge in [-0.15, -0.1) is 0 Å². The molecule has 88 valence electrons. The van der Waals surface area contributed by atoms with Crippen LogP contribution in [0.3, 0.4) is 0 Å². The van der Waals surface area contributed by atoms with Gasteiger partial charge in [0.1, 0.15) is 5.75 Å². The van der Waals surface area contributed by atoms with Crippen molar-refractivity contribution in [2.45, 2.75) is 38.6 Å². The van der Waals surface area contributed by atoms with Gasteiger partial charge in [-0.2, -0.15) is 0 Å². The van der Waals surface area contributed by atoms with Gasteiger partial charge in [0.15, 0.2) is 0 Å². The Morgan fingerprint density at radius 2 is 2.12 bits per heavy atom. The molecule has 2 rings (SSSR count). The van der Waals surface area contributed by atoms with Crippen LogP contribution in [0.25, 0.3) is 0 Å². The first kappa shape index (κ1) is 11.5. The van der Waals surface area contributed by atoms with Crippen molar-refractivity contribution >= 4 is 0 Å². The lowest BCUT2D eigenvalue weighted by Gasteiger charge is -2.21. The Morgan fingerprint density at radius 3 is 2.81 bits per heavy atom. The number of fused-ring (bicyclic) bond motifs is 1. The van der Waals surface area contributed by atoms with Crippen LogP contribution in [-0.2, 0) is 6.42 Å². The molecule has 16 heavy (non-hydrogen) atoms. The first-order valence-electron chi connectivity index (χ1n) is 6.11. The fraction of sp³-hybridized carbons (Fsp3) is 0.571. The average Bonchev–Trinajstić information content (AvgIpc) is 2.52. The second-order valence-corrected chi connectivity index (χ2v) is 4.56. The van der Waals surface area contributed by atoms with Crippen LogP contribution < -0.4 is 10.1 Å². The first-order chi connectivity index (χ1) is 7.77. The molecule has 1 aromatic rings. The van der Waals surface area contributed by atoms with Crippen LogP contribution in [0.2, 0.25) is 0 Å². The molecule has 0 bridgehead atoms. The zero-order chi connectivity index (χ0) is 11.5. The van der Waals surface area contributed by atoms with E-state index in [0.717, 1.165) is 12.2 Å². The van der Waals surface area contributed by atoms with E-state index in [-0.39, 0.29) is 0 Å². The predicted octanol–water partition coefficient (Wildman–Crippen LogP) is 2.99. The summed E-state index contributed by atoms with van der Waals surface area (Å²) in [6.07, 6.45) is 4.95. The summed E-state index contributed by atoms with van der Waals surface area (Å²) in [7, 11) is 3.82. The first-order valence-corrected chi connectivity index (χ1v) is 6.11. The molecule has 0 radical (unpaired) electrons. The molecule has 1 unspecified atom stereocenters. The molecule has 1 N–H and O–H groups in total. The van der Waals surface area contributed by atoms with Crippen LogP contribution in [0.1, 0.15) is 42.0 Å². The molecule has 1 aliphatic rings. The Balaban J connectivity index is 2.54. The Labute approximate surface area is 98.0 Å². The number of aryl methyl sites for hydroxylation is 1. The van der Waals surface area contributed by atoms with Gasteiger partial charge in [-0.1, -0.05) is 12.5 Å². The second-order valence-electron chi connectivity index (χ2n) is 4.56. The summed E-state index contributed by atoms with van der Waals surface area (Å²) in [5.74, 6) is 1.06. The summed E-state index contributed by atoms with van der Waals surface area (Å²) >= 11 is 0. The van der Waals surface area contributed by atoms with E-state index in [9.17, 15) is 0 Å².